The molecule has 0 aliphatic carbocycles. The summed E-state index contributed by atoms with van der Waals surface area (Å²) >= 11 is 0. The first-order valence-electron chi connectivity index (χ1n) is 8.97. The zero-order chi connectivity index (χ0) is 20.4. The first-order valence-corrected chi connectivity index (χ1v) is 10.5. The summed E-state index contributed by atoms with van der Waals surface area (Å²) in [5.41, 5.74) is 0.279. The number of halogens is 3. The molecule has 5 nitrogen and oxygen atoms in total. The summed E-state index contributed by atoms with van der Waals surface area (Å²) in [6.07, 6.45) is -4.51. The molecular formula is C19H22F3N3O2S. The van der Waals surface area contributed by atoms with Crippen molar-refractivity contribution >= 4 is 21.4 Å². The summed E-state index contributed by atoms with van der Waals surface area (Å²) in [5, 5.41) is 0. The number of piperazine rings is 1. The van der Waals surface area contributed by atoms with Gasteiger partial charge in [-0.1, -0.05) is 19.1 Å². The molecule has 1 N–H and O–H groups in total. The summed E-state index contributed by atoms with van der Waals surface area (Å²) in [7, 11) is -4.01. The van der Waals surface area contributed by atoms with Crippen LogP contribution in [0.1, 0.15) is 12.5 Å². The molecule has 1 aliphatic rings. The molecule has 0 amide bonds. The lowest BCUT2D eigenvalue weighted by Crippen LogP contribution is -2.46. The van der Waals surface area contributed by atoms with E-state index in [2.05, 4.69) is 21.4 Å². The number of sulfonamides is 1. The van der Waals surface area contributed by atoms with E-state index in [1.807, 2.05) is 12.1 Å². The van der Waals surface area contributed by atoms with Crippen molar-refractivity contribution in [3.8, 4) is 0 Å². The van der Waals surface area contributed by atoms with Gasteiger partial charge in [-0.15, -0.1) is 0 Å². The standard InChI is InChI=1S/C19H22F3N3O2S/c1-2-24-11-13-25(14-12-24)18-6-4-3-5-17(18)23-28(26,27)16-9-7-15(8-10-16)19(20,21)22/h3-10,23H,2,11-14H2,1H3. The van der Waals surface area contributed by atoms with Crippen molar-refractivity contribution in [1.82, 2.24) is 4.90 Å². The highest BCUT2D eigenvalue weighted by Crippen LogP contribution is 2.31. The average Bonchev–Trinajstić information content (AvgIpc) is 2.68. The van der Waals surface area contributed by atoms with Crippen LogP contribution in [-0.2, 0) is 16.2 Å². The minimum Gasteiger partial charge on any atom is -0.367 e. The predicted octanol–water partition coefficient (Wildman–Crippen LogP) is 3.65. The average molecular weight is 413 g/mol. The zero-order valence-corrected chi connectivity index (χ0v) is 16.2. The molecular weight excluding hydrogens is 391 g/mol. The lowest BCUT2D eigenvalue weighted by Gasteiger charge is -2.36. The molecule has 1 aliphatic heterocycles. The number of alkyl halides is 3. The highest BCUT2D eigenvalue weighted by atomic mass is 32.2. The van der Waals surface area contributed by atoms with E-state index >= 15 is 0 Å². The fourth-order valence-corrected chi connectivity index (χ4v) is 4.24. The van der Waals surface area contributed by atoms with Gasteiger partial charge in [0.2, 0.25) is 0 Å². The number of nitrogens with one attached hydrogen (secondary N) is 1. The van der Waals surface area contributed by atoms with E-state index < -0.39 is 21.8 Å². The molecule has 2 aromatic rings. The maximum Gasteiger partial charge on any atom is 0.416 e. The molecule has 9 heteroatoms. The Kier molecular flexibility index (Phi) is 5.85. The Bertz CT molecular complexity index is 907. The van der Waals surface area contributed by atoms with Crippen molar-refractivity contribution in [1.29, 1.82) is 0 Å². The number of nitrogens with zero attached hydrogens (tertiary/aromatic N) is 2. The molecule has 152 valence electrons. The van der Waals surface area contributed by atoms with Gasteiger partial charge in [0.1, 0.15) is 0 Å². The molecule has 3 rings (SSSR count). The van der Waals surface area contributed by atoms with Gasteiger partial charge in [0, 0.05) is 26.2 Å². The maximum atomic E-state index is 12.7. The number of anilines is 2. The molecule has 2 aromatic carbocycles. The van der Waals surface area contributed by atoms with Crippen molar-refractivity contribution in [2.24, 2.45) is 0 Å². The second-order valence-electron chi connectivity index (χ2n) is 6.57. The smallest absolute Gasteiger partial charge is 0.367 e. The summed E-state index contributed by atoms with van der Waals surface area (Å²) in [6, 6.07) is 10.5. The molecule has 0 bridgehead atoms. The number of rotatable bonds is 5. The highest BCUT2D eigenvalue weighted by molar-refractivity contribution is 7.92. The molecule has 0 atom stereocenters. The number of hydrogen-bond acceptors (Lipinski definition) is 4. The van der Waals surface area contributed by atoms with Crippen molar-refractivity contribution in [2.45, 2.75) is 18.0 Å². The predicted molar refractivity (Wildman–Crippen MR) is 103 cm³/mol. The molecule has 0 spiro atoms. The molecule has 0 aromatic heterocycles. The summed E-state index contributed by atoms with van der Waals surface area (Å²) in [4.78, 5) is 4.20. The van der Waals surface area contributed by atoms with E-state index in [0.29, 0.717) is 5.69 Å². The van der Waals surface area contributed by atoms with Crippen LogP contribution in [0.4, 0.5) is 24.5 Å². The van der Waals surface area contributed by atoms with Gasteiger partial charge in [-0.3, -0.25) is 4.72 Å². The molecule has 0 radical (unpaired) electrons. The summed E-state index contributed by atoms with van der Waals surface area (Å²) in [5.74, 6) is 0. The first-order chi connectivity index (χ1) is 13.2. The molecule has 1 heterocycles. The van der Waals surface area contributed by atoms with Crippen LogP contribution in [0, 0.1) is 0 Å². The number of benzene rings is 2. The monoisotopic (exact) mass is 413 g/mol. The molecule has 0 saturated carbocycles. The minimum atomic E-state index is -4.51. The van der Waals surface area contributed by atoms with Gasteiger partial charge in [-0.05, 0) is 42.9 Å². The van der Waals surface area contributed by atoms with E-state index in [1.165, 1.54) is 0 Å². The third-order valence-corrected chi connectivity index (χ3v) is 6.18. The van der Waals surface area contributed by atoms with Crippen LogP contribution in [0.3, 0.4) is 0 Å². The van der Waals surface area contributed by atoms with Gasteiger partial charge in [0.25, 0.3) is 10.0 Å². The Morgan fingerprint density at radius 1 is 0.964 bits per heavy atom. The second-order valence-corrected chi connectivity index (χ2v) is 8.25. The van der Waals surface area contributed by atoms with Gasteiger partial charge in [0.15, 0.2) is 0 Å². The number of para-hydroxylation sites is 2. The Morgan fingerprint density at radius 2 is 1.57 bits per heavy atom. The lowest BCUT2D eigenvalue weighted by atomic mass is 10.2. The zero-order valence-electron chi connectivity index (χ0n) is 15.4. The van der Waals surface area contributed by atoms with Crippen molar-refractivity contribution in [3.05, 3.63) is 54.1 Å². The summed E-state index contributed by atoms with van der Waals surface area (Å²) < 4.78 is 66.0. The van der Waals surface area contributed by atoms with E-state index in [0.717, 1.165) is 62.7 Å². The third kappa shape index (κ3) is 4.59. The first kappa shape index (κ1) is 20.5. The van der Waals surface area contributed by atoms with Crippen molar-refractivity contribution < 1.29 is 21.6 Å². The normalized spacial score (nSPS) is 16.2. The van der Waals surface area contributed by atoms with Gasteiger partial charge < -0.3 is 9.80 Å². The Labute approximate surface area is 162 Å². The van der Waals surface area contributed by atoms with E-state index in [-0.39, 0.29) is 4.90 Å². The molecule has 28 heavy (non-hydrogen) atoms. The van der Waals surface area contributed by atoms with Crippen LogP contribution in [0.2, 0.25) is 0 Å². The van der Waals surface area contributed by atoms with Crippen LogP contribution in [-0.4, -0.2) is 46.0 Å². The van der Waals surface area contributed by atoms with Gasteiger partial charge in [-0.25, -0.2) is 8.42 Å². The second kappa shape index (κ2) is 8.00. The molecule has 1 saturated heterocycles. The van der Waals surface area contributed by atoms with Crippen molar-refractivity contribution in [2.75, 3.05) is 42.3 Å². The van der Waals surface area contributed by atoms with Crippen LogP contribution in [0.25, 0.3) is 0 Å². The molecule has 0 unspecified atom stereocenters. The molecule has 1 fully saturated rings. The number of hydrogen-bond donors (Lipinski definition) is 1. The van der Waals surface area contributed by atoms with E-state index in [4.69, 9.17) is 0 Å². The fourth-order valence-electron chi connectivity index (χ4n) is 3.17. The fraction of sp³-hybridized carbons (Fsp3) is 0.368. The third-order valence-electron chi connectivity index (χ3n) is 4.80. The Morgan fingerprint density at radius 3 is 2.14 bits per heavy atom. The quantitative estimate of drug-likeness (QED) is 0.813. The van der Waals surface area contributed by atoms with E-state index in [9.17, 15) is 21.6 Å². The summed E-state index contributed by atoms with van der Waals surface area (Å²) in [6.45, 7) is 6.38. The van der Waals surface area contributed by atoms with Crippen LogP contribution < -0.4 is 9.62 Å². The maximum absolute atomic E-state index is 12.7. The topological polar surface area (TPSA) is 52.6 Å². The Balaban J connectivity index is 1.81. The SMILES string of the molecule is CCN1CCN(c2ccccc2NS(=O)(=O)c2ccc(C(F)(F)F)cc2)CC1. The Hall–Kier alpha value is -2.26. The van der Waals surface area contributed by atoms with Crippen LogP contribution in [0.15, 0.2) is 53.4 Å². The van der Waals surface area contributed by atoms with Gasteiger partial charge >= 0.3 is 6.18 Å². The highest BCUT2D eigenvalue weighted by Gasteiger charge is 2.30. The van der Waals surface area contributed by atoms with Crippen LogP contribution in [0.5, 0.6) is 0 Å². The lowest BCUT2D eigenvalue weighted by molar-refractivity contribution is -0.137. The minimum absolute atomic E-state index is 0.217. The largest absolute Gasteiger partial charge is 0.416 e. The van der Waals surface area contributed by atoms with Crippen molar-refractivity contribution in [3.63, 3.8) is 0 Å². The van der Waals surface area contributed by atoms with Gasteiger partial charge in [0.05, 0.1) is 21.8 Å². The van der Waals surface area contributed by atoms with E-state index in [1.54, 1.807) is 12.1 Å². The van der Waals surface area contributed by atoms with Gasteiger partial charge in [-0.2, -0.15) is 13.2 Å². The van der Waals surface area contributed by atoms with Crippen LogP contribution >= 0.6 is 0 Å². The number of likely N-dealkylation sites (N-methyl/N-ethyl adjacent to an activating group) is 1.